The van der Waals surface area contributed by atoms with Crippen molar-refractivity contribution >= 4 is 25.0 Å². The first-order chi connectivity index (χ1) is 18.0. The van der Waals surface area contributed by atoms with Crippen LogP contribution in [0.15, 0.2) is 18.2 Å². The maximum absolute atomic E-state index is 12.6. The standard InChI is InChI=1S/C23H33BN6O8/c1-6-37-23(2,3)22(33)36-14-35-21(32)16-9-7-8-15-12-17(24(34)38-20(15)16)25-19(31)13-18-26-28-30(27-18)11-10-29(4)5/h7-9,17,34H,6,10-14H2,1-5H3,(H,25,31)/t17-/m0/s1. The summed E-state index contributed by atoms with van der Waals surface area (Å²) in [5, 5.41) is 25.2. The van der Waals surface area contributed by atoms with E-state index in [-0.39, 0.29) is 30.0 Å². The Morgan fingerprint density at radius 1 is 1.29 bits per heavy atom. The second-order valence-electron chi connectivity index (χ2n) is 9.39. The number of nitrogens with one attached hydrogen (secondary N) is 1. The first-order valence-electron chi connectivity index (χ1n) is 12.2. The zero-order valence-corrected chi connectivity index (χ0v) is 22.2. The second kappa shape index (κ2) is 12.8. The Labute approximate surface area is 220 Å². The van der Waals surface area contributed by atoms with Gasteiger partial charge in [-0.25, -0.2) is 9.59 Å². The predicted molar refractivity (Wildman–Crippen MR) is 133 cm³/mol. The summed E-state index contributed by atoms with van der Waals surface area (Å²) >= 11 is 0. The van der Waals surface area contributed by atoms with Crippen LogP contribution < -0.4 is 9.97 Å². The quantitative estimate of drug-likeness (QED) is 0.203. The molecule has 0 unspecified atom stereocenters. The van der Waals surface area contributed by atoms with E-state index in [0.717, 1.165) is 6.54 Å². The summed E-state index contributed by atoms with van der Waals surface area (Å²) in [6.07, 6.45) is 0.0765. The number of fused-ring (bicyclic) bond motifs is 1. The van der Waals surface area contributed by atoms with Crippen LogP contribution >= 0.6 is 0 Å². The highest BCUT2D eigenvalue weighted by atomic mass is 16.7. The van der Waals surface area contributed by atoms with Crippen LogP contribution in [-0.2, 0) is 43.2 Å². The number of tetrazole rings is 1. The molecule has 1 amide bonds. The minimum atomic E-state index is -1.42. The van der Waals surface area contributed by atoms with Gasteiger partial charge in [0.05, 0.1) is 18.9 Å². The number of amides is 1. The summed E-state index contributed by atoms with van der Waals surface area (Å²) < 4.78 is 20.9. The minimum absolute atomic E-state index is 0.0463. The molecule has 1 aromatic carbocycles. The summed E-state index contributed by atoms with van der Waals surface area (Å²) in [5.41, 5.74) is -0.555. The lowest BCUT2D eigenvalue weighted by Gasteiger charge is -2.29. The van der Waals surface area contributed by atoms with Gasteiger partial charge in [0.25, 0.3) is 0 Å². The van der Waals surface area contributed by atoms with Crippen molar-refractivity contribution in [2.45, 2.75) is 51.7 Å². The van der Waals surface area contributed by atoms with Crippen molar-refractivity contribution in [3.05, 3.63) is 35.2 Å². The van der Waals surface area contributed by atoms with E-state index < -0.39 is 43.3 Å². The van der Waals surface area contributed by atoms with Gasteiger partial charge in [-0.3, -0.25) is 4.79 Å². The third kappa shape index (κ3) is 7.72. The highest BCUT2D eigenvalue weighted by Crippen LogP contribution is 2.30. The monoisotopic (exact) mass is 532 g/mol. The first-order valence-corrected chi connectivity index (χ1v) is 12.2. The average Bonchev–Trinajstić information content (AvgIpc) is 3.29. The highest BCUT2D eigenvalue weighted by molar-refractivity contribution is 6.47. The maximum atomic E-state index is 12.6. The number of hydrogen-bond acceptors (Lipinski definition) is 12. The summed E-state index contributed by atoms with van der Waals surface area (Å²) in [7, 11) is 2.43. The Balaban J connectivity index is 1.56. The molecule has 0 radical (unpaired) electrons. The zero-order chi connectivity index (χ0) is 27.9. The number of benzene rings is 1. The minimum Gasteiger partial charge on any atom is -0.534 e. The van der Waals surface area contributed by atoms with Crippen molar-refractivity contribution in [1.29, 1.82) is 0 Å². The van der Waals surface area contributed by atoms with E-state index in [2.05, 4.69) is 20.7 Å². The molecular weight excluding hydrogens is 499 g/mol. The van der Waals surface area contributed by atoms with Gasteiger partial charge >= 0.3 is 19.1 Å². The van der Waals surface area contributed by atoms with Crippen molar-refractivity contribution < 1.29 is 38.3 Å². The number of carbonyl (C=O) groups excluding carboxylic acids is 3. The average molecular weight is 532 g/mol. The maximum Gasteiger partial charge on any atom is 0.547 e. The number of hydrogen-bond donors (Lipinski definition) is 2. The zero-order valence-electron chi connectivity index (χ0n) is 22.2. The van der Waals surface area contributed by atoms with Gasteiger partial charge in [-0.2, -0.15) is 4.80 Å². The first kappa shape index (κ1) is 29.0. The summed E-state index contributed by atoms with van der Waals surface area (Å²) in [4.78, 5) is 40.7. The van der Waals surface area contributed by atoms with Gasteiger partial charge in [-0.15, -0.1) is 10.2 Å². The summed E-state index contributed by atoms with van der Waals surface area (Å²) in [6, 6.07) is 4.79. The molecule has 38 heavy (non-hydrogen) atoms. The van der Waals surface area contributed by atoms with Crippen LogP contribution in [0.2, 0.25) is 0 Å². The molecule has 0 bridgehead atoms. The molecule has 0 spiro atoms. The van der Waals surface area contributed by atoms with Crippen LogP contribution in [0.3, 0.4) is 0 Å². The lowest BCUT2D eigenvalue weighted by molar-refractivity contribution is -0.175. The van der Waals surface area contributed by atoms with Crippen LogP contribution in [0.25, 0.3) is 0 Å². The number of aromatic nitrogens is 4. The fourth-order valence-electron chi connectivity index (χ4n) is 3.65. The number of esters is 2. The van der Waals surface area contributed by atoms with Crippen LogP contribution in [0, 0.1) is 0 Å². The van der Waals surface area contributed by atoms with Gasteiger partial charge in [0.15, 0.2) is 11.4 Å². The molecule has 3 rings (SSSR count). The Morgan fingerprint density at radius 3 is 2.76 bits per heavy atom. The molecule has 206 valence electrons. The van der Waals surface area contributed by atoms with Gasteiger partial charge in [-0.05, 0) is 58.1 Å². The van der Waals surface area contributed by atoms with E-state index >= 15 is 0 Å². The lowest BCUT2D eigenvalue weighted by atomic mass is 9.72. The molecule has 0 aliphatic carbocycles. The van der Waals surface area contributed by atoms with E-state index in [1.165, 1.54) is 10.9 Å². The molecule has 1 aliphatic rings. The Kier molecular flexibility index (Phi) is 9.77. The van der Waals surface area contributed by atoms with Crippen molar-refractivity contribution in [3.63, 3.8) is 0 Å². The molecule has 1 atom stereocenters. The van der Waals surface area contributed by atoms with Crippen LogP contribution in [0.1, 0.15) is 42.5 Å². The van der Waals surface area contributed by atoms with Gasteiger partial charge in [-0.1, -0.05) is 12.1 Å². The molecule has 1 aromatic heterocycles. The number of carbonyl (C=O) groups is 3. The normalized spacial score (nSPS) is 15.0. The molecule has 0 saturated carbocycles. The van der Waals surface area contributed by atoms with Crippen LogP contribution in [0.5, 0.6) is 5.75 Å². The molecule has 14 nitrogen and oxygen atoms in total. The molecule has 0 saturated heterocycles. The van der Waals surface area contributed by atoms with E-state index in [1.807, 2.05) is 19.0 Å². The van der Waals surface area contributed by atoms with Crippen molar-refractivity contribution in [2.24, 2.45) is 0 Å². The highest BCUT2D eigenvalue weighted by Gasteiger charge is 2.38. The largest absolute Gasteiger partial charge is 0.547 e. The fourth-order valence-corrected chi connectivity index (χ4v) is 3.65. The van der Waals surface area contributed by atoms with Crippen molar-refractivity contribution in [2.75, 3.05) is 34.0 Å². The lowest BCUT2D eigenvalue weighted by Crippen LogP contribution is -2.53. The summed E-state index contributed by atoms with van der Waals surface area (Å²) in [6.45, 7) is 5.79. The predicted octanol–water partition coefficient (Wildman–Crippen LogP) is -0.611. The number of rotatable bonds is 12. The number of likely N-dealkylation sites (N-methyl/N-ethyl adjacent to an activating group) is 1. The Hall–Kier alpha value is -3.56. The molecule has 1 aliphatic heterocycles. The van der Waals surface area contributed by atoms with Crippen molar-refractivity contribution in [1.82, 2.24) is 30.4 Å². The van der Waals surface area contributed by atoms with Crippen LogP contribution in [0.4, 0.5) is 0 Å². The SMILES string of the molecule is CCOC(C)(C)C(=O)OCOC(=O)c1cccc2c1OB(O)[C@@H](NC(=O)Cc1nnn(CCN(C)C)n1)C2. The van der Waals surface area contributed by atoms with Gasteiger partial charge in [0.2, 0.25) is 12.7 Å². The van der Waals surface area contributed by atoms with Gasteiger partial charge in [0.1, 0.15) is 11.3 Å². The molecular formula is C23H33BN6O8. The summed E-state index contributed by atoms with van der Waals surface area (Å²) in [5.74, 6) is -2.29. The molecule has 2 heterocycles. The smallest absolute Gasteiger partial charge is 0.534 e. The second-order valence-corrected chi connectivity index (χ2v) is 9.39. The van der Waals surface area contributed by atoms with Crippen molar-refractivity contribution in [3.8, 4) is 5.75 Å². The Morgan fingerprint density at radius 2 is 2.05 bits per heavy atom. The third-order valence-corrected chi connectivity index (χ3v) is 5.62. The number of para-hydroxylation sites is 1. The third-order valence-electron chi connectivity index (χ3n) is 5.62. The molecule has 2 N–H and O–H groups in total. The van der Waals surface area contributed by atoms with E-state index in [9.17, 15) is 19.4 Å². The number of ether oxygens (including phenoxy) is 3. The van der Waals surface area contributed by atoms with E-state index in [0.29, 0.717) is 18.7 Å². The molecule has 0 fully saturated rings. The number of nitrogens with zero attached hydrogens (tertiary/aromatic N) is 5. The van der Waals surface area contributed by atoms with E-state index in [1.54, 1.807) is 32.9 Å². The topological polar surface area (TPSA) is 167 Å². The van der Waals surface area contributed by atoms with Gasteiger partial charge in [0, 0.05) is 13.2 Å². The molecule has 2 aromatic rings. The van der Waals surface area contributed by atoms with Gasteiger partial charge < -0.3 is 34.1 Å². The van der Waals surface area contributed by atoms with Crippen LogP contribution in [-0.4, -0.2) is 101 Å². The Bertz CT molecular complexity index is 1140. The molecule has 15 heteroatoms. The fraction of sp³-hybridized carbons (Fsp3) is 0.565. The van der Waals surface area contributed by atoms with E-state index in [4.69, 9.17) is 18.9 Å².